The standard InChI is InChI=1S/C14H23N3/c1-2-14-16-12-10-15-8-6-13(12)17(14)9-7-11-4-3-5-11/h11,15H,2-10H2,1H3. The number of nitrogens with one attached hydrogen (secondary N) is 1. The summed E-state index contributed by atoms with van der Waals surface area (Å²) in [5, 5.41) is 3.42. The van der Waals surface area contributed by atoms with E-state index in [0.29, 0.717) is 0 Å². The van der Waals surface area contributed by atoms with Crippen molar-refractivity contribution in [2.24, 2.45) is 5.92 Å². The van der Waals surface area contributed by atoms with Crippen molar-refractivity contribution in [2.45, 2.75) is 58.5 Å². The Morgan fingerprint density at radius 2 is 2.29 bits per heavy atom. The van der Waals surface area contributed by atoms with Crippen LogP contribution in [0, 0.1) is 5.92 Å². The smallest absolute Gasteiger partial charge is 0.108 e. The van der Waals surface area contributed by atoms with Gasteiger partial charge in [-0.3, -0.25) is 0 Å². The summed E-state index contributed by atoms with van der Waals surface area (Å²) < 4.78 is 2.52. The number of hydrogen-bond donors (Lipinski definition) is 1. The Morgan fingerprint density at radius 3 is 3.00 bits per heavy atom. The SMILES string of the molecule is CCc1nc2c(n1CCC1CCC1)CCNC2. The number of aromatic nitrogens is 2. The van der Waals surface area contributed by atoms with E-state index in [9.17, 15) is 0 Å². The molecule has 3 heteroatoms. The Morgan fingerprint density at radius 1 is 1.41 bits per heavy atom. The Labute approximate surface area is 104 Å². The molecule has 0 unspecified atom stereocenters. The van der Waals surface area contributed by atoms with Crippen LogP contribution in [0.3, 0.4) is 0 Å². The van der Waals surface area contributed by atoms with Crippen molar-refractivity contribution in [3.05, 3.63) is 17.2 Å². The Kier molecular flexibility index (Phi) is 3.19. The van der Waals surface area contributed by atoms with Gasteiger partial charge >= 0.3 is 0 Å². The molecule has 0 spiro atoms. The number of aryl methyl sites for hydroxylation is 1. The fraction of sp³-hybridized carbons (Fsp3) is 0.786. The van der Waals surface area contributed by atoms with Crippen LogP contribution in [0.5, 0.6) is 0 Å². The summed E-state index contributed by atoms with van der Waals surface area (Å²) in [7, 11) is 0. The molecule has 1 aromatic rings. The van der Waals surface area contributed by atoms with Crippen molar-refractivity contribution < 1.29 is 0 Å². The van der Waals surface area contributed by atoms with Gasteiger partial charge in [-0.2, -0.15) is 0 Å². The first-order valence-corrected chi connectivity index (χ1v) is 7.16. The predicted molar refractivity (Wildman–Crippen MR) is 69.0 cm³/mol. The van der Waals surface area contributed by atoms with Crippen LogP contribution in [0.25, 0.3) is 0 Å². The third kappa shape index (κ3) is 2.13. The molecule has 1 fully saturated rings. The average molecular weight is 233 g/mol. The van der Waals surface area contributed by atoms with Gasteiger partial charge in [-0.05, 0) is 12.3 Å². The van der Waals surface area contributed by atoms with Gasteiger partial charge in [-0.25, -0.2) is 4.98 Å². The van der Waals surface area contributed by atoms with Gasteiger partial charge in [-0.15, -0.1) is 0 Å². The molecule has 1 saturated carbocycles. The molecule has 2 aliphatic rings. The van der Waals surface area contributed by atoms with E-state index >= 15 is 0 Å². The molecule has 0 saturated heterocycles. The number of nitrogens with zero attached hydrogens (tertiary/aromatic N) is 2. The second-order valence-electron chi connectivity index (χ2n) is 5.44. The molecule has 0 amide bonds. The minimum absolute atomic E-state index is 0.971. The van der Waals surface area contributed by atoms with Gasteiger partial charge in [-0.1, -0.05) is 26.2 Å². The summed E-state index contributed by atoms with van der Waals surface area (Å²) in [6.45, 7) is 5.52. The number of imidazole rings is 1. The lowest BCUT2D eigenvalue weighted by atomic mass is 9.83. The van der Waals surface area contributed by atoms with E-state index in [1.165, 1.54) is 49.4 Å². The normalized spacial score (nSPS) is 20.1. The Bertz CT molecular complexity index is 390. The molecular weight excluding hydrogens is 210 g/mol. The maximum Gasteiger partial charge on any atom is 0.108 e. The maximum absolute atomic E-state index is 4.79. The highest BCUT2D eigenvalue weighted by Gasteiger charge is 2.21. The quantitative estimate of drug-likeness (QED) is 0.864. The monoisotopic (exact) mass is 233 g/mol. The van der Waals surface area contributed by atoms with Crippen LogP contribution in [0.1, 0.15) is 49.8 Å². The summed E-state index contributed by atoms with van der Waals surface area (Å²) in [5.74, 6) is 2.30. The van der Waals surface area contributed by atoms with Gasteiger partial charge in [0.15, 0.2) is 0 Å². The molecular formula is C14H23N3. The number of fused-ring (bicyclic) bond motifs is 1. The molecule has 1 N–H and O–H groups in total. The van der Waals surface area contributed by atoms with Crippen LogP contribution < -0.4 is 5.32 Å². The molecule has 1 aliphatic heterocycles. The molecule has 94 valence electrons. The second-order valence-corrected chi connectivity index (χ2v) is 5.44. The van der Waals surface area contributed by atoms with Crippen LogP contribution in [-0.2, 0) is 25.9 Å². The van der Waals surface area contributed by atoms with Crippen molar-refractivity contribution in [3.63, 3.8) is 0 Å². The first-order valence-electron chi connectivity index (χ1n) is 7.16. The van der Waals surface area contributed by atoms with E-state index in [1.807, 2.05) is 0 Å². The lowest BCUT2D eigenvalue weighted by Gasteiger charge is -2.26. The van der Waals surface area contributed by atoms with Crippen LogP contribution >= 0.6 is 0 Å². The van der Waals surface area contributed by atoms with Crippen LogP contribution in [0.15, 0.2) is 0 Å². The topological polar surface area (TPSA) is 29.9 Å². The van der Waals surface area contributed by atoms with Crippen molar-refractivity contribution >= 4 is 0 Å². The maximum atomic E-state index is 4.79. The van der Waals surface area contributed by atoms with Gasteiger partial charge in [0.05, 0.1) is 5.69 Å². The average Bonchev–Trinajstić information content (AvgIpc) is 2.66. The molecule has 2 heterocycles. The van der Waals surface area contributed by atoms with Gasteiger partial charge < -0.3 is 9.88 Å². The Balaban J connectivity index is 1.77. The lowest BCUT2D eigenvalue weighted by molar-refractivity contribution is 0.280. The first-order chi connectivity index (χ1) is 8.38. The zero-order valence-electron chi connectivity index (χ0n) is 10.8. The zero-order valence-corrected chi connectivity index (χ0v) is 10.8. The summed E-state index contributed by atoms with van der Waals surface area (Å²) in [4.78, 5) is 4.79. The van der Waals surface area contributed by atoms with Gasteiger partial charge in [0.1, 0.15) is 5.82 Å². The molecule has 0 aromatic carbocycles. The van der Waals surface area contributed by atoms with Crippen molar-refractivity contribution in [3.8, 4) is 0 Å². The fourth-order valence-corrected chi connectivity index (χ4v) is 3.05. The molecule has 1 aromatic heterocycles. The highest BCUT2D eigenvalue weighted by atomic mass is 15.1. The van der Waals surface area contributed by atoms with Crippen LogP contribution in [0.4, 0.5) is 0 Å². The van der Waals surface area contributed by atoms with Gasteiger partial charge in [0.2, 0.25) is 0 Å². The molecule has 1 aliphatic carbocycles. The van der Waals surface area contributed by atoms with Gasteiger partial charge in [0.25, 0.3) is 0 Å². The second kappa shape index (κ2) is 4.81. The third-order valence-electron chi connectivity index (χ3n) is 4.37. The number of rotatable bonds is 4. The minimum atomic E-state index is 0.971. The van der Waals surface area contributed by atoms with E-state index in [0.717, 1.165) is 31.8 Å². The lowest BCUT2D eigenvalue weighted by Crippen LogP contribution is -2.25. The summed E-state index contributed by atoms with van der Waals surface area (Å²) in [5.41, 5.74) is 2.82. The van der Waals surface area contributed by atoms with E-state index in [-0.39, 0.29) is 0 Å². The molecule has 3 nitrogen and oxygen atoms in total. The van der Waals surface area contributed by atoms with Gasteiger partial charge in [0, 0.05) is 38.2 Å². The van der Waals surface area contributed by atoms with Crippen molar-refractivity contribution in [2.75, 3.05) is 6.54 Å². The first kappa shape index (κ1) is 11.3. The molecule has 0 radical (unpaired) electrons. The zero-order chi connectivity index (χ0) is 11.7. The van der Waals surface area contributed by atoms with E-state index in [2.05, 4.69) is 16.8 Å². The summed E-state index contributed by atoms with van der Waals surface area (Å²) in [6, 6.07) is 0. The van der Waals surface area contributed by atoms with E-state index < -0.39 is 0 Å². The van der Waals surface area contributed by atoms with E-state index in [1.54, 1.807) is 0 Å². The van der Waals surface area contributed by atoms with Crippen LogP contribution in [-0.4, -0.2) is 16.1 Å². The molecule has 0 bridgehead atoms. The van der Waals surface area contributed by atoms with E-state index in [4.69, 9.17) is 4.98 Å². The molecule has 17 heavy (non-hydrogen) atoms. The summed E-state index contributed by atoms with van der Waals surface area (Å²) in [6.07, 6.45) is 7.96. The van der Waals surface area contributed by atoms with Crippen LogP contribution in [0.2, 0.25) is 0 Å². The van der Waals surface area contributed by atoms with Crippen molar-refractivity contribution in [1.29, 1.82) is 0 Å². The summed E-state index contributed by atoms with van der Waals surface area (Å²) >= 11 is 0. The Hall–Kier alpha value is -0.830. The highest BCUT2D eigenvalue weighted by Crippen LogP contribution is 2.30. The largest absolute Gasteiger partial charge is 0.332 e. The third-order valence-corrected chi connectivity index (χ3v) is 4.37. The highest BCUT2D eigenvalue weighted by molar-refractivity contribution is 5.20. The molecule has 0 atom stereocenters. The number of hydrogen-bond acceptors (Lipinski definition) is 2. The van der Waals surface area contributed by atoms with Crippen molar-refractivity contribution in [1.82, 2.24) is 14.9 Å². The fourth-order valence-electron chi connectivity index (χ4n) is 3.05. The molecule has 3 rings (SSSR count). The predicted octanol–water partition coefficient (Wildman–Crippen LogP) is 2.28. The minimum Gasteiger partial charge on any atom is -0.332 e.